The van der Waals surface area contributed by atoms with Gasteiger partial charge in [0.1, 0.15) is 12.4 Å². The smallest absolute Gasteiger partial charge is 0.337 e. The van der Waals surface area contributed by atoms with Gasteiger partial charge in [-0.05, 0) is 47.5 Å². The molecule has 1 N–H and O–H groups in total. The molecular weight excluding hydrogens is 314 g/mol. The summed E-state index contributed by atoms with van der Waals surface area (Å²) in [6, 6.07) is 24.1. The summed E-state index contributed by atoms with van der Waals surface area (Å²) in [6.45, 7) is 0.514. The van der Waals surface area contributed by atoms with Crippen LogP contribution in [0, 0.1) is 0 Å². The quantitative estimate of drug-likeness (QED) is 0.665. The van der Waals surface area contributed by atoms with Crippen LogP contribution in [0.25, 0.3) is 0 Å². The molecule has 3 rings (SSSR count). The van der Waals surface area contributed by atoms with E-state index in [0.717, 1.165) is 16.9 Å². The summed E-state index contributed by atoms with van der Waals surface area (Å²) < 4.78 is 5.74. The van der Waals surface area contributed by atoms with Crippen molar-refractivity contribution in [1.82, 2.24) is 0 Å². The molecule has 0 atom stereocenters. The van der Waals surface area contributed by atoms with Gasteiger partial charge in [0.15, 0.2) is 0 Å². The Morgan fingerprint density at radius 1 is 0.920 bits per heavy atom. The monoisotopic (exact) mass is 331 g/mol. The summed E-state index contributed by atoms with van der Waals surface area (Å²) in [7, 11) is 0. The van der Waals surface area contributed by atoms with Gasteiger partial charge in [-0.2, -0.15) is 0 Å². The van der Waals surface area contributed by atoms with Crippen molar-refractivity contribution in [3.8, 4) is 5.75 Å². The van der Waals surface area contributed by atoms with Crippen LogP contribution in [-0.4, -0.2) is 17.3 Å². The highest BCUT2D eigenvalue weighted by Gasteiger charge is 2.07. The number of ether oxygens (including phenoxy) is 1. The van der Waals surface area contributed by atoms with Crippen LogP contribution in [0.15, 0.2) is 83.9 Å². The third-order valence-corrected chi connectivity index (χ3v) is 3.62. The van der Waals surface area contributed by atoms with Crippen LogP contribution >= 0.6 is 0 Å². The topological polar surface area (TPSA) is 58.9 Å². The van der Waals surface area contributed by atoms with Crippen molar-refractivity contribution in [3.63, 3.8) is 0 Å². The number of hydrogen-bond donors (Lipinski definition) is 1. The van der Waals surface area contributed by atoms with Crippen LogP contribution in [0.5, 0.6) is 5.75 Å². The minimum atomic E-state index is -0.989. The van der Waals surface area contributed by atoms with Gasteiger partial charge in [-0.1, -0.05) is 42.5 Å². The lowest BCUT2D eigenvalue weighted by atomic mass is 10.2. The minimum absolute atomic E-state index is 0.182. The Labute approximate surface area is 146 Å². The molecule has 0 saturated carbocycles. The molecule has 0 aliphatic carbocycles. The van der Waals surface area contributed by atoms with Crippen molar-refractivity contribution in [3.05, 3.63) is 95.6 Å². The molecule has 4 heteroatoms. The SMILES string of the molecule is O=C(O)c1ccccc1N=Cc1ccc(OCc2ccccc2)cc1. The Kier molecular flexibility index (Phi) is 5.22. The number of carboxylic acid groups (broad SMARTS) is 1. The summed E-state index contributed by atoms with van der Waals surface area (Å²) in [5, 5.41) is 9.16. The zero-order chi connectivity index (χ0) is 17.5. The highest BCUT2D eigenvalue weighted by Crippen LogP contribution is 2.19. The van der Waals surface area contributed by atoms with E-state index in [1.807, 2.05) is 54.6 Å². The summed E-state index contributed by atoms with van der Waals surface area (Å²) in [6.07, 6.45) is 1.64. The molecule has 0 aromatic heterocycles. The minimum Gasteiger partial charge on any atom is -0.489 e. The van der Waals surface area contributed by atoms with Crippen molar-refractivity contribution >= 4 is 17.9 Å². The van der Waals surface area contributed by atoms with E-state index in [9.17, 15) is 4.79 Å². The predicted molar refractivity (Wildman–Crippen MR) is 97.9 cm³/mol. The molecule has 0 saturated heterocycles. The third kappa shape index (κ3) is 4.54. The van der Waals surface area contributed by atoms with Gasteiger partial charge in [0.2, 0.25) is 0 Å². The highest BCUT2D eigenvalue weighted by atomic mass is 16.5. The predicted octanol–water partition coefficient (Wildman–Crippen LogP) is 4.71. The van der Waals surface area contributed by atoms with Crippen LogP contribution in [0.4, 0.5) is 5.69 Å². The second kappa shape index (κ2) is 7.93. The Balaban J connectivity index is 1.66. The van der Waals surface area contributed by atoms with Gasteiger partial charge in [0.05, 0.1) is 11.3 Å². The fourth-order valence-corrected chi connectivity index (χ4v) is 2.30. The number of aliphatic imine (C=N–C) groups is 1. The van der Waals surface area contributed by atoms with Crippen LogP contribution < -0.4 is 4.74 Å². The normalized spacial score (nSPS) is 10.7. The first-order valence-electron chi connectivity index (χ1n) is 7.85. The van der Waals surface area contributed by atoms with Crippen molar-refractivity contribution in [2.24, 2.45) is 4.99 Å². The van der Waals surface area contributed by atoms with Gasteiger partial charge >= 0.3 is 5.97 Å². The Morgan fingerprint density at radius 2 is 1.60 bits per heavy atom. The van der Waals surface area contributed by atoms with Crippen LogP contribution in [0.3, 0.4) is 0 Å². The molecule has 3 aromatic carbocycles. The van der Waals surface area contributed by atoms with E-state index in [0.29, 0.717) is 12.3 Å². The van der Waals surface area contributed by atoms with E-state index in [1.54, 1.807) is 24.4 Å². The fraction of sp³-hybridized carbons (Fsp3) is 0.0476. The number of rotatable bonds is 6. The van der Waals surface area contributed by atoms with Gasteiger partial charge in [-0.15, -0.1) is 0 Å². The maximum absolute atomic E-state index is 11.2. The summed E-state index contributed by atoms with van der Waals surface area (Å²) in [5.41, 5.74) is 2.59. The van der Waals surface area contributed by atoms with Gasteiger partial charge in [0, 0.05) is 6.21 Å². The Hall–Kier alpha value is -3.40. The van der Waals surface area contributed by atoms with E-state index in [4.69, 9.17) is 9.84 Å². The zero-order valence-corrected chi connectivity index (χ0v) is 13.5. The molecule has 0 radical (unpaired) electrons. The maximum Gasteiger partial charge on any atom is 0.337 e. The van der Waals surface area contributed by atoms with E-state index in [1.165, 1.54) is 6.07 Å². The van der Waals surface area contributed by atoms with Gasteiger partial charge in [-0.25, -0.2) is 4.79 Å². The lowest BCUT2D eigenvalue weighted by Crippen LogP contribution is -1.96. The Bertz CT molecular complexity index is 871. The molecule has 0 aliphatic rings. The number of carbonyl (C=O) groups is 1. The lowest BCUT2D eigenvalue weighted by Gasteiger charge is -2.06. The number of nitrogens with zero attached hydrogens (tertiary/aromatic N) is 1. The van der Waals surface area contributed by atoms with Crippen molar-refractivity contribution in [2.45, 2.75) is 6.61 Å². The molecule has 0 fully saturated rings. The molecule has 25 heavy (non-hydrogen) atoms. The zero-order valence-electron chi connectivity index (χ0n) is 13.5. The van der Waals surface area contributed by atoms with Gasteiger partial charge in [0.25, 0.3) is 0 Å². The second-order valence-electron chi connectivity index (χ2n) is 5.42. The maximum atomic E-state index is 11.2. The molecular formula is C21H17NO3. The molecule has 0 bridgehead atoms. The van der Waals surface area contributed by atoms with E-state index in [-0.39, 0.29) is 5.56 Å². The van der Waals surface area contributed by atoms with Crippen LogP contribution in [-0.2, 0) is 6.61 Å². The molecule has 0 heterocycles. The van der Waals surface area contributed by atoms with Gasteiger partial charge < -0.3 is 9.84 Å². The van der Waals surface area contributed by atoms with Gasteiger partial charge in [-0.3, -0.25) is 4.99 Å². The summed E-state index contributed by atoms with van der Waals surface area (Å²) in [5.74, 6) is -0.218. The number of benzene rings is 3. The average molecular weight is 331 g/mol. The third-order valence-electron chi connectivity index (χ3n) is 3.62. The number of para-hydroxylation sites is 1. The van der Waals surface area contributed by atoms with E-state index in [2.05, 4.69) is 4.99 Å². The first-order valence-corrected chi connectivity index (χ1v) is 7.85. The molecule has 3 aromatic rings. The molecule has 4 nitrogen and oxygen atoms in total. The molecule has 0 amide bonds. The average Bonchev–Trinajstić information content (AvgIpc) is 2.66. The van der Waals surface area contributed by atoms with E-state index >= 15 is 0 Å². The molecule has 0 aliphatic heterocycles. The standard InChI is InChI=1S/C21H17NO3/c23-21(24)19-8-4-5-9-20(19)22-14-16-10-12-18(13-11-16)25-15-17-6-2-1-3-7-17/h1-14H,15H2,(H,23,24). The van der Waals surface area contributed by atoms with E-state index < -0.39 is 5.97 Å². The van der Waals surface area contributed by atoms with Crippen molar-refractivity contribution in [1.29, 1.82) is 0 Å². The van der Waals surface area contributed by atoms with Crippen molar-refractivity contribution in [2.75, 3.05) is 0 Å². The highest BCUT2D eigenvalue weighted by molar-refractivity contribution is 5.95. The molecule has 124 valence electrons. The number of carboxylic acids is 1. The first-order chi connectivity index (χ1) is 12.2. The molecule has 0 unspecified atom stereocenters. The van der Waals surface area contributed by atoms with Crippen LogP contribution in [0.2, 0.25) is 0 Å². The van der Waals surface area contributed by atoms with Crippen LogP contribution in [0.1, 0.15) is 21.5 Å². The second-order valence-corrected chi connectivity index (χ2v) is 5.42. The summed E-state index contributed by atoms with van der Waals surface area (Å²) in [4.78, 5) is 15.5. The van der Waals surface area contributed by atoms with Crippen molar-refractivity contribution < 1.29 is 14.6 Å². The number of hydrogen-bond acceptors (Lipinski definition) is 3. The largest absolute Gasteiger partial charge is 0.489 e. The molecule has 0 spiro atoms. The number of aromatic carboxylic acids is 1. The fourth-order valence-electron chi connectivity index (χ4n) is 2.30. The summed E-state index contributed by atoms with van der Waals surface area (Å²) >= 11 is 0. The first kappa shape index (κ1) is 16.5. The lowest BCUT2D eigenvalue weighted by molar-refractivity contribution is 0.0698. The Morgan fingerprint density at radius 3 is 2.32 bits per heavy atom.